The van der Waals surface area contributed by atoms with E-state index in [0.29, 0.717) is 23.1 Å². The predicted octanol–water partition coefficient (Wildman–Crippen LogP) is 20.7. The Hall–Kier alpha value is -9.68. The first-order valence-electron chi connectivity index (χ1n) is 39.0. The van der Waals surface area contributed by atoms with Gasteiger partial charge in [-0.3, -0.25) is 9.78 Å². The molecule has 0 spiro atoms. The normalized spacial score (nSPS) is 11.7. The molecule has 0 aliphatic heterocycles. The van der Waals surface area contributed by atoms with Crippen molar-refractivity contribution in [1.29, 1.82) is 0 Å². The molecule has 23 heteroatoms. The van der Waals surface area contributed by atoms with Gasteiger partial charge in [-0.1, -0.05) is 251 Å². The molecule has 15 nitrogen and oxygen atoms in total. The Morgan fingerprint density at radius 2 is 0.933 bits per heavy atom. The van der Waals surface area contributed by atoms with Gasteiger partial charge >= 0.3 is 0 Å². The first-order chi connectivity index (χ1) is 55.5. The Kier molecular flexibility index (Phi) is 30.1. The minimum atomic E-state index is -1.77. The number of furan rings is 4. The van der Waals surface area contributed by atoms with Crippen LogP contribution in [0.4, 0.5) is 0 Å². The fraction of sp³-hybridized carbons (Fsp3) is 0.196. The van der Waals surface area contributed by atoms with Gasteiger partial charge in [0.05, 0.1) is 38.8 Å². The van der Waals surface area contributed by atoms with Gasteiger partial charge in [0, 0.05) is 144 Å². The van der Waals surface area contributed by atoms with E-state index >= 15 is 0 Å². The summed E-state index contributed by atoms with van der Waals surface area (Å²) in [6.45, 7) is 36.8. The zero-order valence-electron chi connectivity index (χ0n) is 70.1. The molecule has 0 atom stereocenters. The first kappa shape index (κ1) is 92.6. The summed E-state index contributed by atoms with van der Waals surface area (Å²) in [7, 11) is -6.33. The van der Waals surface area contributed by atoms with Crippen molar-refractivity contribution in [2.75, 3.05) is 0 Å². The van der Waals surface area contributed by atoms with Gasteiger partial charge in [0.15, 0.2) is 5.78 Å². The Bertz CT molecular complexity index is 6660. The number of aryl methyl sites for hydroxylation is 3. The van der Waals surface area contributed by atoms with Gasteiger partial charge in [-0.2, -0.15) is 0 Å². The third-order valence-corrected chi connectivity index (χ3v) is 32.0. The van der Waals surface area contributed by atoms with Gasteiger partial charge in [-0.15, -0.1) is 41.5 Å². The SMILES string of the molecule is CC(=O)C=C(C)O.CC(C)Cc1cc(-c2[c-]nc3oc4ccccc4c3c2)ncc1[Si](C)(C)C.C[Si](C)(c1ccccc1)c1ccc(-c2[c-]ncc3c2oc2ccccc23)nc1.Cc1cc2c(oc3n[c-]c(-c4ccc([Si](C)(C)C)cn4)cc32)c(C)n1.Cc1ccc2c(n1)oc1c(-c3ccc([Si](C)(C)c4ccccc4)cn3)[c-]ccc12.[Ir].[Ir].[Ir].[Ir]. The summed E-state index contributed by atoms with van der Waals surface area (Å²) in [6.07, 6.45) is 21.4. The van der Waals surface area contributed by atoms with E-state index < -0.39 is 32.3 Å². The Morgan fingerprint density at radius 3 is 1.48 bits per heavy atom. The number of aliphatic hydroxyl groups is 1. The maximum atomic E-state index is 10.0. The second-order valence-electron chi connectivity index (χ2n) is 33.0. The van der Waals surface area contributed by atoms with Crippen molar-refractivity contribution in [3.63, 3.8) is 0 Å². The number of pyridine rings is 9. The van der Waals surface area contributed by atoms with Crippen LogP contribution in [-0.2, 0) is 91.6 Å². The molecule has 0 unspecified atom stereocenters. The molecule has 0 aliphatic rings. The van der Waals surface area contributed by atoms with Gasteiger partial charge in [0.1, 0.15) is 44.3 Å². The largest absolute Gasteiger partial charge is 0.512 e. The molecule has 4 radical (unpaired) electrons. The van der Waals surface area contributed by atoms with Crippen LogP contribution in [-0.4, -0.2) is 88.0 Å². The van der Waals surface area contributed by atoms with Gasteiger partial charge in [-0.25, -0.2) is 4.98 Å². The zero-order chi connectivity index (χ0) is 82.0. The summed E-state index contributed by atoms with van der Waals surface area (Å²) in [5.74, 6) is 0.547. The van der Waals surface area contributed by atoms with E-state index in [4.69, 9.17) is 37.7 Å². The summed E-state index contributed by atoms with van der Waals surface area (Å²) in [5.41, 5.74) is 17.2. The topological polar surface area (TPSA) is 206 Å². The molecule has 13 heterocycles. The van der Waals surface area contributed by atoms with Gasteiger partial charge in [0.2, 0.25) is 5.71 Å². The number of hydrogen-bond acceptors (Lipinski definition) is 15. The van der Waals surface area contributed by atoms with Crippen molar-refractivity contribution in [2.45, 2.75) is 120 Å². The van der Waals surface area contributed by atoms with Gasteiger partial charge in [0.25, 0.3) is 0 Å². The molecule has 0 saturated carbocycles. The van der Waals surface area contributed by atoms with E-state index in [1.807, 2.05) is 106 Å². The molecule has 1 N–H and O–H groups in total. The Labute approximate surface area is 758 Å². The molecule has 18 aromatic rings. The molecular formula is C97H93Ir4N9O6Si4-4. The minimum Gasteiger partial charge on any atom is -0.512 e. The van der Waals surface area contributed by atoms with Crippen LogP contribution in [0.15, 0.2) is 255 Å². The number of benzene rings is 5. The fourth-order valence-electron chi connectivity index (χ4n) is 14.5. The van der Waals surface area contributed by atoms with E-state index in [2.05, 4.69) is 274 Å². The number of carbonyl (C=O) groups excluding carboxylic acids is 1. The second kappa shape index (κ2) is 39.0. The van der Waals surface area contributed by atoms with E-state index in [0.717, 1.165) is 140 Å². The number of ketones is 1. The van der Waals surface area contributed by atoms with Crippen molar-refractivity contribution in [2.24, 2.45) is 5.92 Å². The van der Waals surface area contributed by atoms with Crippen molar-refractivity contribution in [3.05, 3.63) is 284 Å². The molecular weight excluding hydrogens is 2270 g/mol. The van der Waals surface area contributed by atoms with Crippen LogP contribution in [0.1, 0.15) is 50.3 Å². The maximum Gasteiger partial charge on any atom is 0.216 e. The number of allylic oxidation sites excluding steroid dienone is 2. The number of para-hydroxylation sites is 2. The third-order valence-electron chi connectivity index (χ3n) is 20.9. The van der Waals surface area contributed by atoms with Crippen molar-refractivity contribution in [3.8, 4) is 45.0 Å². The number of aliphatic hydroxyl groups excluding tert-OH is 1. The Morgan fingerprint density at radius 1 is 0.425 bits per heavy atom. The van der Waals surface area contributed by atoms with E-state index in [-0.39, 0.29) is 92.0 Å². The van der Waals surface area contributed by atoms with Crippen LogP contribution in [0.2, 0.25) is 65.5 Å². The van der Waals surface area contributed by atoms with Crippen LogP contribution >= 0.6 is 0 Å². The van der Waals surface area contributed by atoms with Crippen LogP contribution in [0, 0.1) is 51.3 Å². The molecule has 5 aromatic carbocycles. The summed E-state index contributed by atoms with van der Waals surface area (Å²) < 4.78 is 23.9. The standard InChI is InChI=1S/C25H21N2OSi.C24H19N2OSi.C23H25N2OSi.C20H20N3OSi.C5H8O2.4Ir/c1-17-12-14-21-20-10-7-11-22(24(20)28-25(21)27-17)23-15-13-19(16-26-23)29(2,3)18-8-5-4-6-9-18;1-28(2,17-8-4-3-5-9-17)18-12-13-22(26-14-18)21-16-25-15-20-19-10-6-7-11-23(19)27-24(20)21;1-15(2)10-16-12-20(24-14-22(16)27(3,4)5)17-11-19-18-8-6-7-9-21(18)26-23(19)25-13-17;1-12-8-16-17-9-14(10-22-20(17)24-19(16)13(2)23-12)18-7-6-15(11-21-18)25(3,4)5;1-4(6)3-5(2)7;;;;/h4-10,12-16H,1-3H3;3-15H,1-2H3;6-9,11-12,14-15H,10H2,1-5H3;6-9,11H,1-5H3;3,6H,1-2H3;;;;/q4*-1;;;;;. The van der Waals surface area contributed by atoms with Gasteiger partial charge in [-0.05, 0) is 162 Å². The van der Waals surface area contributed by atoms with E-state index in [1.165, 1.54) is 56.6 Å². The molecule has 0 bridgehead atoms. The van der Waals surface area contributed by atoms with Crippen molar-refractivity contribution in [1.82, 2.24) is 44.9 Å². The van der Waals surface area contributed by atoms with Crippen LogP contribution in [0.25, 0.3) is 133 Å². The third kappa shape index (κ3) is 20.6. The molecule has 0 amide bonds. The predicted molar refractivity (Wildman–Crippen MR) is 484 cm³/mol. The van der Waals surface area contributed by atoms with Crippen LogP contribution in [0.3, 0.4) is 0 Å². The second-order valence-corrected chi connectivity index (χ2v) is 51.9. The number of nitrogens with zero attached hydrogens (tertiary/aromatic N) is 9. The average Bonchev–Trinajstić information content (AvgIpc) is 1.57. The molecule has 13 aromatic heterocycles. The zero-order valence-corrected chi connectivity index (χ0v) is 83.7. The van der Waals surface area contributed by atoms with Gasteiger partial charge < -0.3 is 57.7 Å². The number of aromatic nitrogens is 9. The first-order valence-corrected chi connectivity index (χ1v) is 52.0. The summed E-state index contributed by atoms with van der Waals surface area (Å²) in [4.78, 5) is 51.1. The molecule has 18 rings (SSSR count). The molecule has 0 saturated heterocycles. The number of fused-ring (bicyclic) bond motifs is 12. The fourth-order valence-corrected chi connectivity index (χ4v) is 21.6. The summed E-state index contributed by atoms with van der Waals surface area (Å²) >= 11 is 0. The smallest absolute Gasteiger partial charge is 0.216 e. The van der Waals surface area contributed by atoms with Crippen LogP contribution < -0.4 is 31.1 Å². The minimum absolute atomic E-state index is 0. The monoisotopic (exact) mass is 2360 g/mol. The molecule has 618 valence electrons. The van der Waals surface area contributed by atoms with Crippen molar-refractivity contribution >= 4 is 157 Å². The van der Waals surface area contributed by atoms with E-state index in [9.17, 15) is 4.79 Å². The number of hydrogen-bond donors (Lipinski definition) is 1. The summed E-state index contributed by atoms with van der Waals surface area (Å²) in [6, 6.07) is 70.1. The molecule has 0 fully saturated rings. The van der Waals surface area contributed by atoms with Crippen LogP contribution in [0.5, 0.6) is 0 Å². The quantitative estimate of drug-likeness (QED) is 0.0493. The molecule has 120 heavy (non-hydrogen) atoms. The number of rotatable bonds is 13. The Balaban J connectivity index is 0.000000162. The maximum absolute atomic E-state index is 10.0. The van der Waals surface area contributed by atoms with Crippen molar-refractivity contribution < 1.29 is 108 Å². The summed E-state index contributed by atoms with van der Waals surface area (Å²) in [5, 5.41) is 24.8. The molecule has 0 aliphatic carbocycles. The number of carbonyl (C=O) groups is 1. The van der Waals surface area contributed by atoms with E-state index in [1.54, 1.807) is 0 Å². The average molecular weight is 2360 g/mol.